The zero-order valence-corrected chi connectivity index (χ0v) is 6.11. The molecule has 1 rings (SSSR count). The van der Waals surface area contributed by atoms with Gasteiger partial charge in [-0.2, -0.15) is 0 Å². The van der Waals surface area contributed by atoms with Gasteiger partial charge in [0.2, 0.25) is 0 Å². The molecule has 0 aromatic heterocycles. The monoisotopic (exact) mass is 147 g/mol. The SMILES string of the molecule is CCN1CCOC(=O)S1. The van der Waals surface area contributed by atoms with Crippen molar-refractivity contribution in [2.75, 3.05) is 19.7 Å². The van der Waals surface area contributed by atoms with Gasteiger partial charge in [-0.3, -0.25) is 0 Å². The second kappa shape index (κ2) is 3.08. The molecule has 0 aromatic carbocycles. The van der Waals surface area contributed by atoms with E-state index in [4.69, 9.17) is 4.74 Å². The third kappa shape index (κ3) is 1.87. The van der Waals surface area contributed by atoms with Crippen LogP contribution in [0.25, 0.3) is 0 Å². The average molecular weight is 147 g/mol. The molecule has 0 radical (unpaired) electrons. The predicted molar refractivity (Wildman–Crippen MR) is 36.2 cm³/mol. The number of cyclic esters (lactones) is 1. The summed E-state index contributed by atoms with van der Waals surface area (Å²) in [5.74, 6) is 0. The van der Waals surface area contributed by atoms with Crippen molar-refractivity contribution in [3.8, 4) is 0 Å². The third-order valence-corrected chi connectivity index (χ3v) is 2.08. The summed E-state index contributed by atoms with van der Waals surface area (Å²) < 4.78 is 6.67. The first kappa shape index (κ1) is 6.89. The lowest BCUT2D eigenvalue weighted by Gasteiger charge is -2.21. The number of ether oxygens (including phenoxy) is 1. The standard InChI is InChI=1S/C5H9NO2S/c1-2-6-3-4-8-5(7)9-6/h2-4H2,1H3. The van der Waals surface area contributed by atoms with E-state index in [1.165, 1.54) is 0 Å². The van der Waals surface area contributed by atoms with E-state index in [1.807, 2.05) is 11.2 Å². The van der Waals surface area contributed by atoms with E-state index in [1.54, 1.807) is 0 Å². The molecular weight excluding hydrogens is 138 g/mol. The van der Waals surface area contributed by atoms with Gasteiger partial charge in [0.05, 0.1) is 0 Å². The van der Waals surface area contributed by atoms with E-state index in [0.29, 0.717) is 6.61 Å². The molecule has 0 amide bonds. The Morgan fingerprint density at radius 2 is 2.67 bits per heavy atom. The lowest BCUT2D eigenvalue weighted by Crippen LogP contribution is -2.28. The van der Waals surface area contributed by atoms with Gasteiger partial charge in [0.15, 0.2) is 0 Å². The molecule has 0 saturated carbocycles. The third-order valence-electron chi connectivity index (χ3n) is 1.12. The molecule has 1 fully saturated rings. The maximum absolute atomic E-state index is 10.5. The fourth-order valence-electron chi connectivity index (χ4n) is 0.631. The summed E-state index contributed by atoms with van der Waals surface area (Å²) >= 11 is 1.16. The molecule has 1 aliphatic heterocycles. The first-order valence-corrected chi connectivity index (χ1v) is 3.70. The van der Waals surface area contributed by atoms with E-state index in [-0.39, 0.29) is 5.30 Å². The van der Waals surface area contributed by atoms with Gasteiger partial charge in [-0.15, -0.1) is 0 Å². The smallest absolute Gasteiger partial charge is 0.382 e. The summed E-state index contributed by atoms with van der Waals surface area (Å²) in [4.78, 5) is 10.5. The first-order valence-electron chi connectivity index (χ1n) is 2.92. The normalized spacial score (nSPS) is 21.7. The van der Waals surface area contributed by atoms with Crippen molar-refractivity contribution < 1.29 is 9.53 Å². The number of nitrogens with zero attached hydrogens (tertiary/aromatic N) is 1. The molecule has 9 heavy (non-hydrogen) atoms. The Balaban J connectivity index is 2.32. The highest BCUT2D eigenvalue weighted by Gasteiger charge is 2.16. The minimum absolute atomic E-state index is 0.178. The number of carbonyl (C=O) groups excluding carboxylic acids is 1. The Morgan fingerprint density at radius 1 is 1.89 bits per heavy atom. The van der Waals surface area contributed by atoms with Gasteiger partial charge in [-0.05, 0) is 0 Å². The molecule has 1 heterocycles. The first-order chi connectivity index (χ1) is 4.33. The summed E-state index contributed by atoms with van der Waals surface area (Å²) in [5, 5.41) is -0.178. The molecule has 3 nitrogen and oxygen atoms in total. The minimum Gasteiger partial charge on any atom is -0.455 e. The highest BCUT2D eigenvalue weighted by molar-refractivity contribution is 8.11. The number of rotatable bonds is 1. The average Bonchev–Trinajstić information content (AvgIpc) is 1.88. The molecule has 52 valence electrons. The number of carbonyl (C=O) groups is 1. The van der Waals surface area contributed by atoms with Gasteiger partial charge in [-0.1, -0.05) is 6.92 Å². The molecule has 0 aromatic rings. The Kier molecular flexibility index (Phi) is 2.36. The lowest BCUT2D eigenvalue weighted by molar-refractivity contribution is 0.159. The number of hydrogen-bond acceptors (Lipinski definition) is 4. The van der Waals surface area contributed by atoms with Crippen molar-refractivity contribution in [1.29, 1.82) is 0 Å². The van der Waals surface area contributed by atoms with Crippen molar-refractivity contribution in [3.05, 3.63) is 0 Å². The van der Waals surface area contributed by atoms with E-state index in [2.05, 4.69) is 0 Å². The molecule has 1 aliphatic rings. The van der Waals surface area contributed by atoms with Gasteiger partial charge in [0.1, 0.15) is 6.61 Å². The Labute approximate surface area is 58.5 Å². The summed E-state index contributed by atoms with van der Waals surface area (Å²) in [5.41, 5.74) is 0. The molecule has 0 N–H and O–H groups in total. The number of likely N-dealkylation sites (N-methyl/N-ethyl adjacent to an activating group) is 1. The van der Waals surface area contributed by atoms with E-state index in [9.17, 15) is 4.79 Å². The summed E-state index contributed by atoms with van der Waals surface area (Å²) in [6, 6.07) is 0. The maximum atomic E-state index is 10.5. The van der Waals surface area contributed by atoms with Gasteiger partial charge < -0.3 is 4.74 Å². The van der Waals surface area contributed by atoms with Crippen LogP contribution in [0.2, 0.25) is 0 Å². The zero-order chi connectivity index (χ0) is 6.69. The maximum Gasteiger partial charge on any atom is 0.382 e. The minimum atomic E-state index is -0.178. The van der Waals surface area contributed by atoms with Crippen LogP contribution in [0.1, 0.15) is 6.92 Å². The van der Waals surface area contributed by atoms with E-state index in [0.717, 1.165) is 25.0 Å². The molecule has 0 bridgehead atoms. The second-order valence-corrected chi connectivity index (χ2v) is 2.74. The largest absolute Gasteiger partial charge is 0.455 e. The fraction of sp³-hybridized carbons (Fsp3) is 0.800. The molecule has 0 atom stereocenters. The molecule has 1 saturated heterocycles. The summed E-state index contributed by atoms with van der Waals surface area (Å²) in [7, 11) is 0. The predicted octanol–water partition coefficient (Wildman–Crippen LogP) is 1.11. The van der Waals surface area contributed by atoms with Crippen molar-refractivity contribution in [3.63, 3.8) is 0 Å². The van der Waals surface area contributed by atoms with Crippen LogP contribution in [-0.2, 0) is 4.74 Å². The van der Waals surface area contributed by atoms with Gasteiger partial charge in [0.25, 0.3) is 0 Å². The van der Waals surface area contributed by atoms with Crippen LogP contribution in [0.3, 0.4) is 0 Å². The highest BCUT2D eigenvalue weighted by atomic mass is 32.2. The van der Waals surface area contributed by atoms with Crippen LogP contribution in [0.4, 0.5) is 4.79 Å². The second-order valence-electron chi connectivity index (χ2n) is 1.71. The van der Waals surface area contributed by atoms with Crippen molar-refractivity contribution in [2.45, 2.75) is 6.92 Å². The molecule has 0 aliphatic carbocycles. The molecule has 0 spiro atoms. The Bertz CT molecular complexity index is 118. The van der Waals surface area contributed by atoms with Crippen LogP contribution in [-0.4, -0.2) is 29.3 Å². The Morgan fingerprint density at radius 3 is 3.11 bits per heavy atom. The van der Waals surface area contributed by atoms with E-state index >= 15 is 0 Å². The van der Waals surface area contributed by atoms with E-state index < -0.39 is 0 Å². The molecule has 0 unspecified atom stereocenters. The van der Waals surface area contributed by atoms with Crippen molar-refractivity contribution in [2.24, 2.45) is 0 Å². The van der Waals surface area contributed by atoms with Gasteiger partial charge in [-0.25, -0.2) is 9.10 Å². The van der Waals surface area contributed by atoms with Crippen molar-refractivity contribution >= 4 is 17.2 Å². The summed E-state index contributed by atoms with van der Waals surface area (Å²) in [6.45, 7) is 4.32. The Hall–Kier alpha value is -0.220. The molecule has 4 heteroatoms. The fourth-order valence-corrected chi connectivity index (χ4v) is 1.27. The highest BCUT2D eigenvalue weighted by Crippen LogP contribution is 2.16. The molecular formula is C5H9NO2S. The topological polar surface area (TPSA) is 29.5 Å². The van der Waals surface area contributed by atoms with Crippen LogP contribution < -0.4 is 0 Å². The van der Waals surface area contributed by atoms with Gasteiger partial charge in [0, 0.05) is 25.0 Å². The summed E-state index contributed by atoms with van der Waals surface area (Å²) in [6.07, 6.45) is 0. The number of hydrogen-bond donors (Lipinski definition) is 0. The quantitative estimate of drug-likeness (QED) is 0.410. The van der Waals surface area contributed by atoms with Crippen LogP contribution >= 0.6 is 11.9 Å². The van der Waals surface area contributed by atoms with Crippen LogP contribution in [0, 0.1) is 0 Å². The van der Waals surface area contributed by atoms with Crippen molar-refractivity contribution in [1.82, 2.24) is 4.31 Å². The van der Waals surface area contributed by atoms with Crippen LogP contribution in [0.15, 0.2) is 0 Å². The zero-order valence-electron chi connectivity index (χ0n) is 5.29. The lowest BCUT2D eigenvalue weighted by atomic mass is 10.6. The van der Waals surface area contributed by atoms with Gasteiger partial charge >= 0.3 is 5.30 Å². The van der Waals surface area contributed by atoms with Crippen LogP contribution in [0.5, 0.6) is 0 Å².